The van der Waals surface area contributed by atoms with E-state index in [1.165, 1.54) is 41.6 Å². The minimum Gasteiger partial charge on any atom is -0.320 e. The van der Waals surface area contributed by atoms with Gasteiger partial charge in [-0.3, -0.25) is 0 Å². The van der Waals surface area contributed by atoms with Crippen LogP contribution in [-0.4, -0.2) is 4.57 Å². The molecule has 124 valence electrons. The zero-order valence-corrected chi connectivity index (χ0v) is 14.7. The number of fused-ring (bicyclic) bond motifs is 10. The minimum absolute atomic E-state index is 0.727. The smallest absolute Gasteiger partial charge is 0.0487 e. The Morgan fingerprint density at radius 3 is 2.48 bits per heavy atom. The molecular formula is C24H23N. The molecule has 4 unspecified atom stereocenters. The fraction of sp³-hybridized carbons (Fsp3) is 0.333. The van der Waals surface area contributed by atoms with Crippen molar-refractivity contribution in [3.05, 3.63) is 77.6 Å². The van der Waals surface area contributed by atoms with Crippen LogP contribution in [0, 0.1) is 18.8 Å². The molecule has 1 aliphatic heterocycles. The molecule has 0 radical (unpaired) electrons. The van der Waals surface area contributed by atoms with Gasteiger partial charge >= 0.3 is 0 Å². The summed E-state index contributed by atoms with van der Waals surface area (Å²) in [5.74, 6) is 3.27. The van der Waals surface area contributed by atoms with E-state index < -0.39 is 0 Å². The maximum Gasteiger partial charge on any atom is 0.0487 e. The van der Waals surface area contributed by atoms with Crippen LogP contribution >= 0.6 is 0 Å². The van der Waals surface area contributed by atoms with Crippen LogP contribution in [0.15, 0.2) is 60.8 Å². The van der Waals surface area contributed by atoms with Crippen LogP contribution in [0.2, 0.25) is 0 Å². The van der Waals surface area contributed by atoms with Crippen LogP contribution in [-0.2, 0) is 0 Å². The standard InChI is InChI=1S/C24H23N/c1-15-7-10-21-20(11-15)23-17-8-9-18(12-17)24(23)22-13-19(14-25(21)22)16-5-3-2-4-6-16/h2-7,10-11,13-14,17-18,23-24H,8-9,12H2,1H3. The van der Waals surface area contributed by atoms with Crippen molar-refractivity contribution in [1.29, 1.82) is 0 Å². The lowest BCUT2D eigenvalue weighted by atomic mass is 9.71. The Bertz CT molecular complexity index is 965. The summed E-state index contributed by atoms with van der Waals surface area (Å²) in [7, 11) is 0. The zero-order chi connectivity index (χ0) is 16.5. The van der Waals surface area contributed by atoms with E-state index in [1.807, 2.05) is 0 Å². The molecule has 1 heteroatoms. The van der Waals surface area contributed by atoms with E-state index in [1.54, 1.807) is 11.3 Å². The molecule has 2 aliphatic carbocycles. The predicted octanol–water partition coefficient (Wildman–Crippen LogP) is 6.06. The van der Waals surface area contributed by atoms with E-state index in [0.29, 0.717) is 0 Å². The van der Waals surface area contributed by atoms with Gasteiger partial charge in [-0.1, -0.05) is 48.0 Å². The van der Waals surface area contributed by atoms with Gasteiger partial charge in [0, 0.05) is 29.1 Å². The van der Waals surface area contributed by atoms with E-state index >= 15 is 0 Å². The molecule has 0 saturated heterocycles. The van der Waals surface area contributed by atoms with E-state index in [-0.39, 0.29) is 0 Å². The Labute approximate surface area is 149 Å². The Morgan fingerprint density at radius 2 is 1.64 bits per heavy atom. The quantitative estimate of drug-likeness (QED) is 0.512. The second kappa shape index (κ2) is 4.88. The fourth-order valence-electron chi connectivity index (χ4n) is 6.06. The molecule has 2 bridgehead atoms. The summed E-state index contributed by atoms with van der Waals surface area (Å²) in [5, 5.41) is 0. The highest BCUT2D eigenvalue weighted by molar-refractivity contribution is 5.67. The molecule has 6 rings (SSSR count). The minimum atomic E-state index is 0.727. The Hall–Kier alpha value is -2.28. The third-order valence-electron chi connectivity index (χ3n) is 7.02. The van der Waals surface area contributed by atoms with E-state index in [4.69, 9.17) is 0 Å². The fourth-order valence-corrected chi connectivity index (χ4v) is 6.06. The average Bonchev–Trinajstić information content (AvgIpc) is 3.36. The lowest BCUT2D eigenvalue weighted by molar-refractivity contribution is 0.348. The van der Waals surface area contributed by atoms with Gasteiger partial charge in [0.15, 0.2) is 0 Å². The molecule has 4 atom stereocenters. The van der Waals surface area contributed by atoms with Crippen molar-refractivity contribution in [3.63, 3.8) is 0 Å². The van der Waals surface area contributed by atoms with Crippen LogP contribution in [0.4, 0.5) is 0 Å². The van der Waals surface area contributed by atoms with Crippen LogP contribution in [0.1, 0.15) is 47.9 Å². The first-order valence-electron chi connectivity index (χ1n) is 9.68. The number of aromatic nitrogens is 1. The summed E-state index contributed by atoms with van der Waals surface area (Å²) in [6.45, 7) is 2.24. The molecule has 2 aromatic carbocycles. The van der Waals surface area contributed by atoms with Gasteiger partial charge in [-0.25, -0.2) is 0 Å². The highest BCUT2D eigenvalue weighted by atomic mass is 15.0. The first kappa shape index (κ1) is 13.9. The number of hydrogen-bond donors (Lipinski definition) is 0. The van der Waals surface area contributed by atoms with Crippen LogP contribution in [0.25, 0.3) is 16.8 Å². The second-order valence-corrected chi connectivity index (χ2v) is 8.34. The topological polar surface area (TPSA) is 4.93 Å². The summed E-state index contributed by atoms with van der Waals surface area (Å²) < 4.78 is 2.51. The molecule has 3 aromatic rings. The SMILES string of the molecule is Cc1ccc2c(c1)C1C3CCC(C3)C1c1cc(-c3ccccc3)cn1-2. The third-order valence-corrected chi connectivity index (χ3v) is 7.02. The van der Waals surface area contributed by atoms with E-state index in [9.17, 15) is 0 Å². The summed E-state index contributed by atoms with van der Waals surface area (Å²) in [4.78, 5) is 0. The highest BCUT2D eigenvalue weighted by Gasteiger charge is 2.52. The first-order valence-corrected chi connectivity index (χ1v) is 9.68. The molecule has 1 nitrogen and oxygen atoms in total. The van der Waals surface area contributed by atoms with Gasteiger partial charge in [0.25, 0.3) is 0 Å². The van der Waals surface area contributed by atoms with Gasteiger partial charge in [0.1, 0.15) is 0 Å². The van der Waals surface area contributed by atoms with Crippen molar-refractivity contribution >= 4 is 0 Å². The van der Waals surface area contributed by atoms with Crippen molar-refractivity contribution in [2.24, 2.45) is 11.8 Å². The maximum atomic E-state index is 2.51. The Morgan fingerprint density at radius 1 is 0.840 bits per heavy atom. The number of rotatable bonds is 1. The lowest BCUT2D eigenvalue weighted by Crippen LogP contribution is -2.26. The van der Waals surface area contributed by atoms with Gasteiger partial charge in [0.05, 0.1) is 0 Å². The van der Waals surface area contributed by atoms with Crippen molar-refractivity contribution in [2.45, 2.75) is 38.0 Å². The molecule has 2 heterocycles. The van der Waals surface area contributed by atoms with Crippen molar-refractivity contribution in [2.75, 3.05) is 0 Å². The largest absolute Gasteiger partial charge is 0.320 e. The molecule has 0 N–H and O–H groups in total. The van der Waals surface area contributed by atoms with Crippen LogP contribution in [0.3, 0.4) is 0 Å². The normalized spacial score (nSPS) is 28.5. The van der Waals surface area contributed by atoms with Crippen LogP contribution in [0.5, 0.6) is 0 Å². The summed E-state index contributed by atoms with van der Waals surface area (Å²) in [5.41, 5.74) is 8.70. The Balaban J connectivity index is 1.60. The van der Waals surface area contributed by atoms with E-state index in [0.717, 1.165) is 23.7 Å². The molecule has 1 aromatic heterocycles. The lowest BCUT2D eigenvalue weighted by Gasteiger charge is -2.38. The molecular weight excluding hydrogens is 302 g/mol. The van der Waals surface area contributed by atoms with E-state index in [2.05, 4.69) is 72.3 Å². The Kier molecular flexibility index (Phi) is 2.72. The monoisotopic (exact) mass is 325 g/mol. The average molecular weight is 325 g/mol. The number of benzene rings is 2. The number of hydrogen-bond acceptors (Lipinski definition) is 0. The molecule has 2 fully saturated rings. The molecule has 25 heavy (non-hydrogen) atoms. The van der Waals surface area contributed by atoms with Crippen molar-refractivity contribution in [1.82, 2.24) is 4.57 Å². The summed E-state index contributed by atoms with van der Waals surface area (Å²) in [6.07, 6.45) is 6.68. The summed E-state index contributed by atoms with van der Waals surface area (Å²) in [6, 6.07) is 20.4. The zero-order valence-electron chi connectivity index (χ0n) is 14.7. The van der Waals surface area contributed by atoms with Gasteiger partial charge in [0.2, 0.25) is 0 Å². The van der Waals surface area contributed by atoms with Gasteiger partial charge in [-0.15, -0.1) is 0 Å². The first-order chi connectivity index (χ1) is 12.3. The maximum absolute atomic E-state index is 2.51. The molecule has 3 aliphatic rings. The van der Waals surface area contributed by atoms with Gasteiger partial charge in [-0.05, 0) is 67.2 Å². The molecule has 2 saturated carbocycles. The van der Waals surface area contributed by atoms with Gasteiger partial charge in [-0.2, -0.15) is 0 Å². The summed E-state index contributed by atoms with van der Waals surface area (Å²) >= 11 is 0. The molecule has 0 spiro atoms. The van der Waals surface area contributed by atoms with Crippen LogP contribution < -0.4 is 0 Å². The number of nitrogens with zero attached hydrogens (tertiary/aromatic N) is 1. The van der Waals surface area contributed by atoms with Gasteiger partial charge < -0.3 is 4.57 Å². The number of aryl methyl sites for hydroxylation is 1. The highest BCUT2D eigenvalue weighted by Crippen LogP contribution is 2.63. The third kappa shape index (κ3) is 1.84. The second-order valence-electron chi connectivity index (χ2n) is 8.34. The molecule has 0 amide bonds. The van der Waals surface area contributed by atoms with Crippen molar-refractivity contribution in [3.8, 4) is 16.8 Å². The predicted molar refractivity (Wildman–Crippen MR) is 102 cm³/mol. The van der Waals surface area contributed by atoms with Crippen molar-refractivity contribution < 1.29 is 0 Å².